The second kappa shape index (κ2) is 7.18. The first-order valence-corrected chi connectivity index (χ1v) is 8.27. The Bertz CT molecular complexity index is 404. The van der Waals surface area contributed by atoms with Crippen molar-refractivity contribution in [3.63, 3.8) is 0 Å². The molecule has 0 aliphatic carbocycles. The third-order valence-electron chi connectivity index (χ3n) is 3.90. The zero-order valence-corrected chi connectivity index (χ0v) is 13.4. The van der Waals surface area contributed by atoms with Crippen LogP contribution in [0.25, 0.3) is 0 Å². The van der Waals surface area contributed by atoms with Crippen LogP contribution in [0.2, 0.25) is 0 Å². The Kier molecular flexibility index (Phi) is 5.56. The highest BCUT2D eigenvalue weighted by Gasteiger charge is 2.14. The first-order valence-electron chi connectivity index (χ1n) is 7.15. The van der Waals surface area contributed by atoms with Gasteiger partial charge in [0, 0.05) is 5.33 Å². The first kappa shape index (κ1) is 14.7. The number of aryl methyl sites for hydroxylation is 1. The van der Waals surface area contributed by atoms with Crippen molar-refractivity contribution in [3.05, 3.63) is 23.8 Å². The summed E-state index contributed by atoms with van der Waals surface area (Å²) < 4.78 is 10.7. The lowest BCUT2D eigenvalue weighted by Crippen LogP contribution is -2.09. The maximum atomic E-state index is 5.41. The number of hydrogen-bond acceptors (Lipinski definition) is 2. The van der Waals surface area contributed by atoms with Crippen LogP contribution in [0, 0.1) is 11.8 Å². The molecule has 0 saturated carbocycles. The number of hydrogen-bond donors (Lipinski definition) is 0. The van der Waals surface area contributed by atoms with Crippen LogP contribution >= 0.6 is 15.9 Å². The van der Waals surface area contributed by atoms with Gasteiger partial charge >= 0.3 is 0 Å². The molecule has 0 fully saturated rings. The zero-order chi connectivity index (χ0) is 13.7. The minimum Gasteiger partial charge on any atom is -0.454 e. The van der Waals surface area contributed by atoms with E-state index >= 15 is 0 Å². The molecule has 0 saturated heterocycles. The van der Waals surface area contributed by atoms with E-state index in [4.69, 9.17) is 9.47 Å². The van der Waals surface area contributed by atoms with Crippen molar-refractivity contribution >= 4 is 15.9 Å². The highest BCUT2D eigenvalue weighted by Crippen LogP contribution is 2.33. The van der Waals surface area contributed by atoms with E-state index in [2.05, 4.69) is 41.9 Å². The van der Waals surface area contributed by atoms with Gasteiger partial charge in [-0.15, -0.1) is 0 Å². The van der Waals surface area contributed by atoms with Gasteiger partial charge in [-0.25, -0.2) is 0 Å². The van der Waals surface area contributed by atoms with E-state index in [0.717, 1.165) is 35.1 Å². The second-order valence-electron chi connectivity index (χ2n) is 5.56. The van der Waals surface area contributed by atoms with Gasteiger partial charge in [-0.2, -0.15) is 0 Å². The smallest absolute Gasteiger partial charge is 0.231 e. The monoisotopic (exact) mass is 326 g/mol. The maximum absolute atomic E-state index is 5.41. The quantitative estimate of drug-likeness (QED) is 0.670. The number of alkyl halides is 1. The lowest BCUT2D eigenvalue weighted by atomic mass is 9.88. The van der Waals surface area contributed by atoms with Crippen LogP contribution in [0.3, 0.4) is 0 Å². The van der Waals surface area contributed by atoms with Gasteiger partial charge in [0.05, 0.1) is 0 Å². The van der Waals surface area contributed by atoms with Gasteiger partial charge in [-0.1, -0.05) is 35.8 Å². The first-order chi connectivity index (χ1) is 9.20. The molecule has 2 nitrogen and oxygen atoms in total. The fourth-order valence-electron chi connectivity index (χ4n) is 2.62. The molecule has 0 bridgehead atoms. The summed E-state index contributed by atoms with van der Waals surface area (Å²) in [7, 11) is 0. The summed E-state index contributed by atoms with van der Waals surface area (Å²) in [5.41, 5.74) is 1.35. The Morgan fingerprint density at radius 3 is 2.68 bits per heavy atom. The highest BCUT2D eigenvalue weighted by atomic mass is 79.9. The lowest BCUT2D eigenvalue weighted by molar-refractivity contribution is 0.174. The summed E-state index contributed by atoms with van der Waals surface area (Å²) in [4.78, 5) is 0. The summed E-state index contributed by atoms with van der Waals surface area (Å²) in [6, 6.07) is 6.30. The molecule has 1 aliphatic rings. The SMILES string of the molecule is CC(C)C(CCBr)CCCc1ccc2c(c1)OCO2. The van der Waals surface area contributed by atoms with E-state index in [-0.39, 0.29) is 0 Å². The minimum absolute atomic E-state index is 0.361. The molecule has 0 spiro atoms. The summed E-state index contributed by atoms with van der Waals surface area (Å²) in [5, 5.41) is 1.11. The highest BCUT2D eigenvalue weighted by molar-refractivity contribution is 9.09. The van der Waals surface area contributed by atoms with E-state index in [1.165, 1.54) is 24.8 Å². The minimum atomic E-state index is 0.361. The molecule has 2 rings (SSSR count). The Morgan fingerprint density at radius 1 is 1.16 bits per heavy atom. The number of rotatable bonds is 7. The van der Waals surface area contributed by atoms with Gasteiger partial charge in [0.15, 0.2) is 11.5 Å². The van der Waals surface area contributed by atoms with E-state index < -0.39 is 0 Å². The molecule has 3 heteroatoms. The van der Waals surface area contributed by atoms with Crippen LogP contribution in [0.4, 0.5) is 0 Å². The van der Waals surface area contributed by atoms with Gasteiger partial charge in [0.2, 0.25) is 6.79 Å². The van der Waals surface area contributed by atoms with Crippen LogP contribution in [0.15, 0.2) is 18.2 Å². The predicted octanol–water partition coefficient (Wildman–Crippen LogP) is 4.80. The molecule has 0 aromatic heterocycles. The second-order valence-corrected chi connectivity index (χ2v) is 6.35. The maximum Gasteiger partial charge on any atom is 0.231 e. The molecular formula is C16H23BrO2. The third-order valence-corrected chi connectivity index (χ3v) is 4.36. The fraction of sp³-hybridized carbons (Fsp3) is 0.625. The van der Waals surface area contributed by atoms with Crippen molar-refractivity contribution in [1.29, 1.82) is 0 Å². The average molecular weight is 327 g/mol. The van der Waals surface area contributed by atoms with Crippen LogP contribution in [0.1, 0.15) is 38.7 Å². The summed E-state index contributed by atoms with van der Waals surface area (Å²) in [5.74, 6) is 3.38. The van der Waals surface area contributed by atoms with Crippen molar-refractivity contribution in [3.8, 4) is 11.5 Å². The largest absolute Gasteiger partial charge is 0.454 e. The van der Waals surface area contributed by atoms with Crippen molar-refractivity contribution < 1.29 is 9.47 Å². The average Bonchev–Trinajstić information content (AvgIpc) is 2.85. The van der Waals surface area contributed by atoms with Crippen molar-refractivity contribution in [2.45, 2.75) is 39.5 Å². The Morgan fingerprint density at radius 2 is 1.95 bits per heavy atom. The molecular weight excluding hydrogens is 304 g/mol. The van der Waals surface area contributed by atoms with E-state index in [9.17, 15) is 0 Å². The lowest BCUT2D eigenvalue weighted by Gasteiger charge is -2.19. The van der Waals surface area contributed by atoms with Crippen molar-refractivity contribution in [1.82, 2.24) is 0 Å². The number of ether oxygens (including phenoxy) is 2. The van der Waals surface area contributed by atoms with E-state index in [0.29, 0.717) is 6.79 Å². The molecule has 19 heavy (non-hydrogen) atoms. The van der Waals surface area contributed by atoms with E-state index in [1.54, 1.807) is 0 Å². The van der Waals surface area contributed by atoms with Gasteiger partial charge in [0.1, 0.15) is 0 Å². The summed E-state index contributed by atoms with van der Waals surface area (Å²) in [6.45, 7) is 5.02. The number of fused-ring (bicyclic) bond motifs is 1. The standard InChI is InChI=1S/C16H23BrO2/c1-12(2)14(8-9-17)5-3-4-13-6-7-15-16(10-13)19-11-18-15/h6-7,10,12,14H,3-5,8-9,11H2,1-2H3. The van der Waals surface area contributed by atoms with Crippen LogP contribution in [-0.4, -0.2) is 12.1 Å². The van der Waals surface area contributed by atoms with Crippen molar-refractivity contribution in [2.24, 2.45) is 11.8 Å². The number of benzene rings is 1. The molecule has 0 N–H and O–H groups in total. The normalized spacial score (nSPS) is 14.9. The topological polar surface area (TPSA) is 18.5 Å². The van der Waals surface area contributed by atoms with Crippen LogP contribution in [0.5, 0.6) is 11.5 Å². The van der Waals surface area contributed by atoms with Crippen LogP contribution in [-0.2, 0) is 6.42 Å². The summed E-state index contributed by atoms with van der Waals surface area (Å²) >= 11 is 3.56. The number of halogens is 1. The van der Waals surface area contributed by atoms with Gasteiger partial charge in [-0.3, -0.25) is 0 Å². The Hall–Kier alpha value is -0.700. The molecule has 1 aromatic carbocycles. The molecule has 106 valence electrons. The molecule has 0 radical (unpaired) electrons. The Balaban J connectivity index is 1.82. The van der Waals surface area contributed by atoms with Gasteiger partial charge in [0.25, 0.3) is 0 Å². The van der Waals surface area contributed by atoms with E-state index in [1.807, 2.05) is 6.07 Å². The molecule has 0 amide bonds. The molecule has 1 heterocycles. The molecule has 1 aliphatic heterocycles. The predicted molar refractivity (Wildman–Crippen MR) is 82.2 cm³/mol. The van der Waals surface area contributed by atoms with Crippen molar-refractivity contribution in [2.75, 3.05) is 12.1 Å². The molecule has 1 unspecified atom stereocenters. The van der Waals surface area contributed by atoms with Crippen LogP contribution < -0.4 is 9.47 Å². The Labute approximate surface area is 124 Å². The molecule has 1 atom stereocenters. The summed E-state index contributed by atoms with van der Waals surface area (Å²) in [6.07, 6.45) is 4.95. The third kappa shape index (κ3) is 4.13. The van der Waals surface area contributed by atoms with Gasteiger partial charge in [-0.05, 0) is 55.2 Å². The molecule has 1 aromatic rings. The zero-order valence-electron chi connectivity index (χ0n) is 11.8. The fourth-order valence-corrected chi connectivity index (χ4v) is 3.20. The van der Waals surface area contributed by atoms with Gasteiger partial charge < -0.3 is 9.47 Å².